The van der Waals surface area contributed by atoms with Crippen molar-refractivity contribution in [2.45, 2.75) is 0 Å². The van der Waals surface area contributed by atoms with Crippen molar-refractivity contribution < 1.29 is 4.79 Å². The summed E-state index contributed by atoms with van der Waals surface area (Å²) >= 11 is 0. The Bertz CT molecular complexity index is 1100. The minimum Gasteiger partial charge on any atom is -0.245 e. The smallest absolute Gasteiger partial charge is 0.245 e. The molecule has 4 aromatic rings. The van der Waals surface area contributed by atoms with E-state index in [0.29, 0.717) is 0 Å². The second-order valence-electron chi connectivity index (χ2n) is 6.28. The molecule has 0 spiro atoms. The molecule has 0 radical (unpaired) electrons. The lowest BCUT2D eigenvalue weighted by Gasteiger charge is -2.00. The van der Waals surface area contributed by atoms with Crippen molar-refractivity contribution in [2.75, 3.05) is 0 Å². The second-order valence-corrected chi connectivity index (χ2v) is 6.28. The molecular formula is C23H18N4O. The van der Waals surface area contributed by atoms with Gasteiger partial charge in [-0.2, -0.15) is 10.2 Å². The van der Waals surface area contributed by atoms with E-state index < -0.39 is 6.03 Å². The van der Waals surface area contributed by atoms with Crippen LogP contribution in [0.2, 0.25) is 0 Å². The first kappa shape index (κ1) is 17.4. The molecule has 0 atom stereocenters. The molecule has 4 aromatic carbocycles. The zero-order chi connectivity index (χ0) is 19.2. The third kappa shape index (κ3) is 4.22. The molecule has 0 saturated heterocycles. The molecule has 0 aliphatic carbocycles. The van der Waals surface area contributed by atoms with Crippen LogP contribution in [0.5, 0.6) is 0 Å². The summed E-state index contributed by atoms with van der Waals surface area (Å²) in [6.07, 6.45) is 3.19. The molecular weight excluding hydrogens is 348 g/mol. The van der Waals surface area contributed by atoms with Gasteiger partial charge in [0.2, 0.25) is 0 Å². The Morgan fingerprint density at radius 3 is 1.50 bits per heavy atom. The summed E-state index contributed by atoms with van der Waals surface area (Å²) in [5.74, 6) is 0. The normalized spacial score (nSPS) is 11.4. The Kier molecular flexibility index (Phi) is 5.06. The van der Waals surface area contributed by atoms with E-state index in [2.05, 4.69) is 33.2 Å². The predicted molar refractivity (Wildman–Crippen MR) is 115 cm³/mol. The molecule has 0 unspecified atom stereocenters. The van der Waals surface area contributed by atoms with E-state index in [4.69, 9.17) is 0 Å². The number of carbonyl (C=O) groups excluding carboxylic acids is 1. The van der Waals surface area contributed by atoms with Gasteiger partial charge in [-0.25, -0.2) is 15.6 Å². The molecule has 0 aliphatic heterocycles. The maximum atomic E-state index is 11.8. The summed E-state index contributed by atoms with van der Waals surface area (Å²) in [7, 11) is 0. The first-order valence-electron chi connectivity index (χ1n) is 8.88. The van der Waals surface area contributed by atoms with Gasteiger partial charge in [0.15, 0.2) is 0 Å². The van der Waals surface area contributed by atoms with Gasteiger partial charge in [-0.05, 0) is 44.8 Å². The van der Waals surface area contributed by atoms with E-state index in [1.54, 1.807) is 12.4 Å². The molecule has 0 bridgehead atoms. The number of hydrazone groups is 2. The van der Waals surface area contributed by atoms with Crippen LogP contribution in [0.25, 0.3) is 21.5 Å². The molecule has 5 nitrogen and oxygen atoms in total. The maximum absolute atomic E-state index is 11.8. The summed E-state index contributed by atoms with van der Waals surface area (Å²) in [5.41, 5.74) is 6.60. The standard InChI is InChI=1S/C23H18N4O/c28-23(26-24-15-17-9-11-19-5-1-3-7-21(19)13-17)27-25-16-18-10-12-20-6-2-4-8-22(20)14-18/h1-16H,(H2,26,27,28)/b24-15+,25-16+. The summed E-state index contributed by atoms with van der Waals surface area (Å²) in [4.78, 5) is 11.8. The summed E-state index contributed by atoms with van der Waals surface area (Å²) < 4.78 is 0. The molecule has 0 heterocycles. The number of nitrogens with one attached hydrogen (secondary N) is 2. The molecule has 4 rings (SSSR count). The zero-order valence-corrected chi connectivity index (χ0v) is 15.0. The average molecular weight is 366 g/mol. The van der Waals surface area contributed by atoms with Crippen LogP contribution in [0.15, 0.2) is 95.1 Å². The Morgan fingerprint density at radius 1 is 0.607 bits per heavy atom. The van der Waals surface area contributed by atoms with Gasteiger partial charge in [-0.1, -0.05) is 72.8 Å². The van der Waals surface area contributed by atoms with E-state index in [9.17, 15) is 4.79 Å². The lowest BCUT2D eigenvalue weighted by Crippen LogP contribution is -2.28. The fourth-order valence-corrected chi connectivity index (χ4v) is 2.93. The monoisotopic (exact) mass is 366 g/mol. The number of hydrogen-bond acceptors (Lipinski definition) is 3. The Balaban J connectivity index is 1.33. The third-order valence-electron chi connectivity index (χ3n) is 4.31. The van der Waals surface area contributed by atoms with Gasteiger partial charge in [-0.15, -0.1) is 0 Å². The van der Waals surface area contributed by atoms with E-state index in [1.807, 2.05) is 72.8 Å². The number of amides is 2. The van der Waals surface area contributed by atoms with Crippen molar-refractivity contribution in [3.8, 4) is 0 Å². The molecule has 0 aromatic heterocycles. The van der Waals surface area contributed by atoms with Gasteiger partial charge in [0.1, 0.15) is 0 Å². The summed E-state index contributed by atoms with van der Waals surface area (Å²) in [6.45, 7) is 0. The highest BCUT2D eigenvalue weighted by molar-refractivity contribution is 5.92. The van der Waals surface area contributed by atoms with E-state index >= 15 is 0 Å². The van der Waals surface area contributed by atoms with Gasteiger partial charge in [0, 0.05) is 0 Å². The number of nitrogens with zero attached hydrogens (tertiary/aromatic N) is 2. The van der Waals surface area contributed by atoms with E-state index in [-0.39, 0.29) is 0 Å². The highest BCUT2D eigenvalue weighted by Crippen LogP contribution is 2.15. The van der Waals surface area contributed by atoms with Crippen LogP contribution in [0.4, 0.5) is 4.79 Å². The number of carbonyl (C=O) groups is 1. The zero-order valence-electron chi connectivity index (χ0n) is 15.0. The van der Waals surface area contributed by atoms with Gasteiger partial charge in [0.25, 0.3) is 0 Å². The molecule has 136 valence electrons. The molecule has 0 aliphatic rings. The molecule has 2 N–H and O–H groups in total. The van der Waals surface area contributed by atoms with Crippen LogP contribution in [-0.2, 0) is 0 Å². The Morgan fingerprint density at radius 2 is 1.04 bits per heavy atom. The van der Waals surface area contributed by atoms with E-state index in [0.717, 1.165) is 32.7 Å². The van der Waals surface area contributed by atoms with Crippen LogP contribution < -0.4 is 10.9 Å². The van der Waals surface area contributed by atoms with Crippen molar-refractivity contribution in [1.82, 2.24) is 10.9 Å². The molecule has 5 heteroatoms. The van der Waals surface area contributed by atoms with Gasteiger partial charge in [0.05, 0.1) is 12.4 Å². The summed E-state index contributed by atoms with van der Waals surface area (Å²) in [5, 5.41) is 12.5. The van der Waals surface area contributed by atoms with Crippen LogP contribution in [0.3, 0.4) is 0 Å². The van der Waals surface area contributed by atoms with Crippen molar-refractivity contribution in [3.63, 3.8) is 0 Å². The number of urea groups is 1. The van der Waals surface area contributed by atoms with Crippen molar-refractivity contribution >= 4 is 40.0 Å². The molecule has 28 heavy (non-hydrogen) atoms. The number of benzene rings is 4. The highest BCUT2D eigenvalue weighted by Gasteiger charge is 1.97. The highest BCUT2D eigenvalue weighted by atomic mass is 16.2. The van der Waals surface area contributed by atoms with Crippen LogP contribution in [-0.4, -0.2) is 18.5 Å². The third-order valence-corrected chi connectivity index (χ3v) is 4.31. The largest absolute Gasteiger partial charge is 0.355 e. The number of hydrogen-bond donors (Lipinski definition) is 2. The van der Waals surface area contributed by atoms with Gasteiger partial charge < -0.3 is 0 Å². The first-order chi connectivity index (χ1) is 13.8. The molecule has 0 fully saturated rings. The topological polar surface area (TPSA) is 65.8 Å². The lowest BCUT2D eigenvalue weighted by atomic mass is 10.1. The van der Waals surface area contributed by atoms with Crippen molar-refractivity contribution in [3.05, 3.63) is 96.1 Å². The fourth-order valence-electron chi connectivity index (χ4n) is 2.93. The first-order valence-corrected chi connectivity index (χ1v) is 8.88. The van der Waals surface area contributed by atoms with Gasteiger partial charge in [-0.3, -0.25) is 0 Å². The van der Waals surface area contributed by atoms with Crippen LogP contribution >= 0.6 is 0 Å². The maximum Gasteiger partial charge on any atom is 0.355 e. The average Bonchev–Trinajstić information content (AvgIpc) is 2.73. The minimum absolute atomic E-state index is 0.505. The second kappa shape index (κ2) is 8.14. The Labute approximate surface area is 162 Å². The van der Waals surface area contributed by atoms with E-state index in [1.165, 1.54) is 0 Å². The SMILES string of the molecule is O=C(N/N=C/c1ccc2ccccc2c1)N/N=C/c1ccc2ccccc2c1. The molecule has 2 amide bonds. The molecule has 0 saturated carbocycles. The fraction of sp³-hybridized carbons (Fsp3) is 0. The van der Waals surface area contributed by atoms with Crippen molar-refractivity contribution in [2.24, 2.45) is 10.2 Å². The van der Waals surface area contributed by atoms with Crippen LogP contribution in [0, 0.1) is 0 Å². The number of rotatable bonds is 4. The van der Waals surface area contributed by atoms with Crippen LogP contribution in [0.1, 0.15) is 11.1 Å². The summed E-state index contributed by atoms with van der Waals surface area (Å²) in [6, 6.07) is 27.6. The number of fused-ring (bicyclic) bond motifs is 2. The van der Waals surface area contributed by atoms with Crippen molar-refractivity contribution in [1.29, 1.82) is 0 Å². The Hall–Kier alpha value is -3.99. The van der Waals surface area contributed by atoms with Gasteiger partial charge >= 0.3 is 6.03 Å². The minimum atomic E-state index is -0.505. The quantitative estimate of drug-likeness (QED) is 0.400. The lowest BCUT2D eigenvalue weighted by molar-refractivity contribution is 0.242. The predicted octanol–water partition coefficient (Wildman–Crippen LogP) is 4.66.